The van der Waals surface area contributed by atoms with Crippen molar-refractivity contribution >= 4 is 50.7 Å². The number of rotatable bonds is 9. The molecule has 0 bridgehead atoms. The molecular formula is C57H40N4O. The van der Waals surface area contributed by atoms with Crippen molar-refractivity contribution in [3.8, 4) is 33.4 Å². The molecule has 1 atom stereocenters. The quantitative estimate of drug-likeness (QED) is 0.158. The number of nitrogens with zero attached hydrogens (tertiary/aromatic N) is 3. The van der Waals surface area contributed by atoms with Crippen molar-refractivity contribution in [3.63, 3.8) is 0 Å². The molecule has 1 unspecified atom stereocenters. The van der Waals surface area contributed by atoms with Gasteiger partial charge in [-0.3, -0.25) is 0 Å². The van der Waals surface area contributed by atoms with Gasteiger partial charge >= 0.3 is 0 Å². The summed E-state index contributed by atoms with van der Waals surface area (Å²) in [6.45, 7) is 0. The van der Waals surface area contributed by atoms with Gasteiger partial charge in [0, 0.05) is 22.3 Å². The molecule has 1 N–H and O–H groups in total. The first kappa shape index (κ1) is 36.8. The Morgan fingerprint density at radius 2 is 0.871 bits per heavy atom. The molecular weight excluding hydrogens is 757 g/mol. The van der Waals surface area contributed by atoms with Gasteiger partial charge in [-0.1, -0.05) is 188 Å². The van der Waals surface area contributed by atoms with Gasteiger partial charge in [-0.25, -0.2) is 9.98 Å². The van der Waals surface area contributed by atoms with E-state index in [0.29, 0.717) is 5.84 Å². The molecule has 0 fully saturated rings. The van der Waals surface area contributed by atoms with Crippen LogP contribution in [0.2, 0.25) is 0 Å². The number of aliphatic imine (C=N–C) groups is 2. The summed E-state index contributed by atoms with van der Waals surface area (Å²) < 4.78 is 6.90. The summed E-state index contributed by atoms with van der Waals surface area (Å²) in [6.07, 6.45) is -0.385. The van der Waals surface area contributed by atoms with E-state index < -0.39 is 0 Å². The van der Waals surface area contributed by atoms with Crippen molar-refractivity contribution in [1.29, 1.82) is 0 Å². The molecule has 11 rings (SSSR count). The summed E-state index contributed by atoms with van der Waals surface area (Å²) in [5.41, 5.74) is 14.4. The van der Waals surface area contributed by atoms with Gasteiger partial charge in [-0.15, -0.1) is 0 Å². The largest absolute Gasteiger partial charge is 0.455 e. The molecule has 0 radical (unpaired) electrons. The minimum absolute atomic E-state index is 0.385. The van der Waals surface area contributed by atoms with E-state index in [0.717, 1.165) is 78.2 Å². The molecule has 0 aliphatic carbocycles. The van der Waals surface area contributed by atoms with Crippen LogP contribution in [-0.2, 0) is 0 Å². The lowest BCUT2D eigenvalue weighted by Crippen LogP contribution is -2.33. The smallest absolute Gasteiger partial charge is 0.163 e. The third-order valence-corrected chi connectivity index (χ3v) is 11.6. The number of anilines is 3. The fourth-order valence-corrected chi connectivity index (χ4v) is 8.44. The van der Waals surface area contributed by atoms with Gasteiger partial charge in [0.1, 0.15) is 23.2 Å². The highest BCUT2D eigenvalue weighted by Crippen LogP contribution is 2.45. The molecule has 2 heterocycles. The van der Waals surface area contributed by atoms with Crippen molar-refractivity contribution in [2.24, 2.45) is 9.98 Å². The monoisotopic (exact) mass is 796 g/mol. The normalized spacial score (nSPS) is 13.6. The molecule has 5 heteroatoms. The maximum absolute atomic E-state index is 6.90. The van der Waals surface area contributed by atoms with Crippen LogP contribution in [-0.4, -0.2) is 11.7 Å². The highest BCUT2D eigenvalue weighted by Gasteiger charge is 2.27. The Labute approximate surface area is 360 Å². The Balaban J connectivity index is 1.08. The maximum Gasteiger partial charge on any atom is 0.163 e. The van der Waals surface area contributed by atoms with Crippen LogP contribution < -0.4 is 10.2 Å². The molecule has 1 aliphatic rings. The van der Waals surface area contributed by atoms with Gasteiger partial charge in [-0.2, -0.15) is 0 Å². The lowest BCUT2D eigenvalue weighted by molar-refractivity contribution is 0.663. The zero-order valence-corrected chi connectivity index (χ0v) is 33.8. The van der Waals surface area contributed by atoms with E-state index in [1.165, 1.54) is 16.7 Å². The van der Waals surface area contributed by atoms with E-state index in [1.54, 1.807) is 0 Å². The number of hydrogen-bond donors (Lipinski definition) is 1. The van der Waals surface area contributed by atoms with Crippen LogP contribution >= 0.6 is 0 Å². The minimum Gasteiger partial charge on any atom is -0.455 e. The summed E-state index contributed by atoms with van der Waals surface area (Å²) in [6, 6.07) is 80.5. The fraction of sp³-hybridized carbons (Fsp3) is 0.0175. The topological polar surface area (TPSA) is 53.1 Å². The first-order valence-electron chi connectivity index (χ1n) is 20.9. The third kappa shape index (κ3) is 7.01. The van der Waals surface area contributed by atoms with Gasteiger partial charge in [0.05, 0.1) is 16.6 Å². The fourth-order valence-electron chi connectivity index (χ4n) is 8.44. The number of nitrogens with one attached hydrogen (secondary N) is 1. The van der Waals surface area contributed by atoms with Crippen LogP contribution in [0.5, 0.6) is 0 Å². The SMILES string of the molecule is c1ccc(C2=NC(c3ccc(N(c4ccc(-c5ccccc5)cc4)c4ccc(-c5ccccc5)cc4)c4c3oc3ccccc34)=NC(c3ccc(-c4ccccc4)cc3)N2)cc1. The van der Waals surface area contributed by atoms with Crippen molar-refractivity contribution in [1.82, 2.24) is 5.32 Å². The van der Waals surface area contributed by atoms with E-state index in [4.69, 9.17) is 14.4 Å². The Kier molecular flexibility index (Phi) is 9.52. The molecule has 1 aromatic heterocycles. The van der Waals surface area contributed by atoms with Gasteiger partial charge in [0.15, 0.2) is 5.84 Å². The Morgan fingerprint density at radius 3 is 1.40 bits per heavy atom. The van der Waals surface area contributed by atoms with Crippen molar-refractivity contribution in [3.05, 3.63) is 247 Å². The van der Waals surface area contributed by atoms with Gasteiger partial charge < -0.3 is 14.6 Å². The van der Waals surface area contributed by atoms with Crippen LogP contribution in [0.25, 0.3) is 55.3 Å². The minimum atomic E-state index is -0.385. The first-order valence-corrected chi connectivity index (χ1v) is 20.9. The summed E-state index contributed by atoms with van der Waals surface area (Å²) in [5, 5.41) is 5.65. The standard InChI is InChI=1S/C57H40N4O/c1-5-15-39(16-6-1)42-25-27-46(28-26-42)56-58-55(45-21-11-4-12-22-45)59-57(60-56)50-37-38-51(53-49-23-13-14-24-52(49)62-54(50)53)61(47-33-29-43(30-34-47)40-17-7-2-8-18-40)48-35-31-44(32-36-48)41-19-9-3-10-20-41/h1-38,56H,(H,58,59,60). The summed E-state index contributed by atoms with van der Waals surface area (Å²) in [4.78, 5) is 12.9. The predicted octanol–water partition coefficient (Wildman–Crippen LogP) is 14.6. The molecule has 9 aromatic carbocycles. The number of hydrogen-bond acceptors (Lipinski definition) is 5. The van der Waals surface area contributed by atoms with E-state index in [9.17, 15) is 0 Å². The average molecular weight is 797 g/mol. The maximum atomic E-state index is 6.90. The van der Waals surface area contributed by atoms with Crippen LogP contribution in [0.1, 0.15) is 22.9 Å². The summed E-state index contributed by atoms with van der Waals surface area (Å²) in [7, 11) is 0. The van der Waals surface area contributed by atoms with Crippen LogP contribution in [0, 0.1) is 0 Å². The van der Waals surface area contributed by atoms with Crippen LogP contribution in [0.3, 0.4) is 0 Å². The Bertz CT molecular complexity index is 3130. The Morgan fingerprint density at radius 1 is 0.419 bits per heavy atom. The van der Waals surface area contributed by atoms with E-state index in [2.05, 4.69) is 204 Å². The second-order valence-corrected chi connectivity index (χ2v) is 15.4. The molecule has 0 amide bonds. The first-order chi connectivity index (χ1) is 30.7. The van der Waals surface area contributed by atoms with Crippen LogP contribution in [0.15, 0.2) is 245 Å². The summed E-state index contributed by atoms with van der Waals surface area (Å²) in [5.74, 6) is 1.35. The highest BCUT2D eigenvalue weighted by atomic mass is 16.3. The molecule has 1 aliphatic heterocycles. The second-order valence-electron chi connectivity index (χ2n) is 15.4. The van der Waals surface area contributed by atoms with Crippen molar-refractivity contribution in [2.75, 3.05) is 4.90 Å². The number of furan rings is 1. The van der Waals surface area contributed by atoms with E-state index >= 15 is 0 Å². The molecule has 0 saturated heterocycles. The van der Waals surface area contributed by atoms with Gasteiger partial charge in [0.2, 0.25) is 0 Å². The van der Waals surface area contributed by atoms with Gasteiger partial charge in [-0.05, 0) is 81.4 Å². The number of para-hydroxylation sites is 1. The average Bonchev–Trinajstić information content (AvgIpc) is 3.76. The molecule has 0 spiro atoms. The lowest BCUT2D eigenvalue weighted by atomic mass is 10.0. The number of fused-ring (bicyclic) bond motifs is 3. The van der Waals surface area contributed by atoms with E-state index in [-0.39, 0.29) is 6.17 Å². The third-order valence-electron chi connectivity index (χ3n) is 11.6. The van der Waals surface area contributed by atoms with Crippen LogP contribution in [0.4, 0.5) is 17.1 Å². The molecule has 294 valence electrons. The summed E-state index contributed by atoms with van der Waals surface area (Å²) >= 11 is 0. The zero-order valence-electron chi connectivity index (χ0n) is 33.8. The molecule has 0 saturated carbocycles. The number of benzene rings is 9. The highest BCUT2D eigenvalue weighted by molar-refractivity contribution is 6.22. The van der Waals surface area contributed by atoms with Gasteiger partial charge in [0.25, 0.3) is 0 Å². The van der Waals surface area contributed by atoms with Crippen molar-refractivity contribution in [2.45, 2.75) is 6.17 Å². The Hall–Kier alpha value is -8.28. The van der Waals surface area contributed by atoms with E-state index in [1.807, 2.05) is 36.4 Å². The van der Waals surface area contributed by atoms with Crippen molar-refractivity contribution < 1.29 is 4.42 Å². The molecule has 10 aromatic rings. The predicted molar refractivity (Wildman–Crippen MR) is 257 cm³/mol. The molecule has 62 heavy (non-hydrogen) atoms. The zero-order chi connectivity index (χ0) is 41.2. The number of amidine groups is 2. The molecule has 5 nitrogen and oxygen atoms in total. The lowest BCUT2D eigenvalue weighted by Gasteiger charge is -2.27. The second kappa shape index (κ2) is 16.1.